The molecule has 1 N–H and O–H groups in total. The normalized spacial score (nSPS) is 12.9. The van der Waals surface area contributed by atoms with E-state index in [1.165, 1.54) is 35.1 Å². The van der Waals surface area contributed by atoms with E-state index >= 15 is 0 Å². The van der Waals surface area contributed by atoms with Crippen LogP contribution in [0.2, 0.25) is 0 Å². The molecule has 0 radical (unpaired) electrons. The third kappa shape index (κ3) is 3.57. The predicted molar refractivity (Wildman–Crippen MR) is 97.4 cm³/mol. The van der Waals surface area contributed by atoms with Crippen LogP contribution >= 0.6 is 23.1 Å². The standard InChI is InChI=1S/C16H20N4O3S2/c1-4-11-18-19-16(20(11)2)24-8-12(21)17-14-13(15(22)23-3)9-6-5-7-10(9)25-14/h4-8H2,1-3H3,(H,17,21). The zero-order valence-electron chi connectivity index (χ0n) is 14.4. The molecule has 0 aromatic carbocycles. The fraction of sp³-hybridized carbons (Fsp3) is 0.500. The van der Waals surface area contributed by atoms with E-state index in [0.29, 0.717) is 15.7 Å². The molecule has 0 saturated heterocycles. The van der Waals surface area contributed by atoms with Crippen LogP contribution in [0.3, 0.4) is 0 Å². The van der Waals surface area contributed by atoms with Gasteiger partial charge < -0.3 is 14.6 Å². The topological polar surface area (TPSA) is 86.1 Å². The van der Waals surface area contributed by atoms with E-state index in [4.69, 9.17) is 4.74 Å². The van der Waals surface area contributed by atoms with Gasteiger partial charge in [-0.15, -0.1) is 21.5 Å². The van der Waals surface area contributed by atoms with Gasteiger partial charge >= 0.3 is 5.97 Å². The predicted octanol–water partition coefficient (Wildman–Crippen LogP) is 2.45. The summed E-state index contributed by atoms with van der Waals surface area (Å²) in [7, 11) is 3.25. The average Bonchev–Trinajstić information content (AvgIpc) is 3.27. The van der Waals surface area contributed by atoms with Crippen molar-refractivity contribution in [1.29, 1.82) is 0 Å². The number of nitrogens with one attached hydrogen (secondary N) is 1. The lowest BCUT2D eigenvalue weighted by molar-refractivity contribution is -0.113. The molecule has 1 aliphatic rings. The zero-order valence-corrected chi connectivity index (χ0v) is 16.1. The van der Waals surface area contributed by atoms with Crippen molar-refractivity contribution in [3.63, 3.8) is 0 Å². The van der Waals surface area contributed by atoms with Crippen LogP contribution < -0.4 is 5.32 Å². The molecule has 134 valence electrons. The second-order valence-corrected chi connectivity index (χ2v) is 7.75. The Morgan fingerprint density at radius 1 is 1.36 bits per heavy atom. The minimum absolute atomic E-state index is 0.170. The summed E-state index contributed by atoms with van der Waals surface area (Å²) < 4.78 is 6.78. The van der Waals surface area contributed by atoms with Crippen LogP contribution in [0, 0.1) is 0 Å². The van der Waals surface area contributed by atoms with E-state index in [-0.39, 0.29) is 17.6 Å². The van der Waals surface area contributed by atoms with Gasteiger partial charge in [0.1, 0.15) is 10.8 Å². The third-order valence-corrected chi connectivity index (χ3v) is 6.36. The highest BCUT2D eigenvalue weighted by Gasteiger charge is 2.28. The fourth-order valence-electron chi connectivity index (χ4n) is 2.88. The minimum atomic E-state index is -0.386. The molecular weight excluding hydrogens is 360 g/mol. The molecule has 0 spiro atoms. The minimum Gasteiger partial charge on any atom is -0.465 e. The molecule has 0 unspecified atom stereocenters. The Balaban J connectivity index is 1.69. The molecule has 2 heterocycles. The van der Waals surface area contributed by atoms with E-state index in [2.05, 4.69) is 15.5 Å². The number of anilines is 1. The molecule has 0 aliphatic heterocycles. The molecule has 0 fully saturated rings. The van der Waals surface area contributed by atoms with Crippen LogP contribution in [0.15, 0.2) is 5.16 Å². The molecule has 0 bridgehead atoms. The fourth-order valence-corrected chi connectivity index (χ4v) is 4.91. The zero-order chi connectivity index (χ0) is 18.0. The number of amides is 1. The molecule has 7 nitrogen and oxygen atoms in total. The number of fused-ring (bicyclic) bond motifs is 1. The Morgan fingerprint density at radius 3 is 2.84 bits per heavy atom. The second kappa shape index (κ2) is 7.57. The lowest BCUT2D eigenvalue weighted by atomic mass is 10.1. The first-order valence-electron chi connectivity index (χ1n) is 8.08. The summed E-state index contributed by atoms with van der Waals surface area (Å²) in [6, 6.07) is 0. The first-order chi connectivity index (χ1) is 12.0. The number of hydrogen-bond acceptors (Lipinski definition) is 7. The van der Waals surface area contributed by atoms with Crippen molar-refractivity contribution >= 4 is 40.0 Å². The Morgan fingerprint density at radius 2 is 2.16 bits per heavy atom. The highest BCUT2D eigenvalue weighted by molar-refractivity contribution is 7.99. The third-order valence-electron chi connectivity index (χ3n) is 4.14. The van der Waals surface area contributed by atoms with Gasteiger partial charge in [-0.3, -0.25) is 4.79 Å². The van der Waals surface area contributed by atoms with Crippen molar-refractivity contribution in [1.82, 2.24) is 14.8 Å². The summed E-state index contributed by atoms with van der Waals surface area (Å²) in [5.74, 6) is 0.531. The van der Waals surface area contributed by atoms with Crippen molar-refractivity contribution in [2.75, 3.05) is 18.2 Å². The number of hydrogen-bond donors (Lipinski definition) is 1. The number of carbonyl (C=O) groups excluding carboxylic acids is 2. The lowest BCUT2D eigenvalue weighted by Crippen LogP contribution is -2.16. The molecule has 1 amide bonds. The largest absolute Gasteiger partial charge is 0.465 e. The number of esters is 1. The number of carbonyl (C=O) groups is 2. The van der Waals surface area contributed by atoms with Gasteiger partial charge in [-0.1, -0.05) is 18.7 Å². The van der Waals surface area contributed by atoms with Crippen LogP contribution in [-0.4, -0.2) is 39.5 Å². The number of methoxy groups -OCH3 is 1. The van der Waals surface area contributed by atoms with E-state index < -0.39 is 0 Å². The molecular formula is C16H20N4O3S2. The van der Waals surface area contributed by atoms with Gasteiger partial charge in [-0.05, 0) is 24.8 Å². The summed E-state index contributed by atoms with van der Waals surface area (Å²) in [5, 5.41) is 12.3. The molecule has 2 aromatic rings. The number of thioether (sulfide) groups is 1. The van der Waals surface area contributed by atoms with E-state index in [9.17, 15) is 9.59 Å². The monoisotopic (exact) mass is 380 g/mol. The SMILES string of the molecule is CCc1nnc(SCC(=O)Nc2sc3c(c2C(=O)OC)CCC3)n1C. The highest BCUT2D eigenvalue weighted by atomic mass is 32.2. The van der Waals surface area contributed by atoms with Crippen molar-refractivity contribution in [2.24, 2.45) is 7.05 Å². The Kier molecular flexibility index (Phi) is 5.43. The van der Waals surface area contributed by atoms with Gasteiger partial charge in [0, 0.05) is 18.3 Å². The molecule has 0 saturated carbocycles. The van der Waals surface area contributed by atoms with E-state index in [1.807, 2.05) is 18.5 Å². The van der Waals surface area contributed by atoms with Crippen molar-refractivity contribution in [3.05, 3.63) is 21.8 Å². The van der Waals surface area contributed by atoms with Crippen LogP contribution in [0.1, 0.15) is 40.0 Å². The maximum atomic E-state index is 12.3. The average molecular weight is 380 g/mol. The van der Waals surface area contributed by atoms with Crippen molar-refractivity contribution in [2.45, 2.75) is 37.8 Å². The Bertz CT molecular complexity index is 813. The van der Waals surface area contributed by atoms with Crippen LogP contribution in [0.25, 0.3) is 0 Å². The number of thiophene rings is 1. The summed E-state index contributed by atoms with van der Waals surface area (Å²) in [5.41, 5.74) is 1.55. The number of rotatable bonds is 6. The molecule has 9 heteroatoms. The quantitative estimate of drug-likeness (QED) is 0.612. The highest BCUT2D eigenvalue weighted by Crippen LogP contribution is 2.39. The summed E-state index contributed by atoms with van der Waals surface area (Å²) in [4.78, 5) is 25.6. The van der Waals surface area contributed by atoms with Gasteiger partial charge in [-0.2, -0.15) is 0 Å². The van der Waals surface area contributed by atoms with Crippen molar-refractivity contribution < 1.29 is 14.3 Å². The van der Waals surface area contributed by atoms with Crippen LogP contribution in [0.4, 0.5) is 5.00 Å². The number of ether oxygens (including phenoxy) is 1. The summed E-state index contributed by atoms with van der Waals surface area (Å²) in [6.07, 6.45) is 3.65. The van der Waals surface area contributed by atoms with Gasteiger partial charge in [0.15, 0.2) is 5.16 Å². The first-order valence-corrected chi connectivity index (χ1v) is 9.89. The van der Waals surface area contributed by atoms with E-state index in [1.54, 1.807) is 0 Å². The first kappa shape index (κ1) is 17.9. The van der Waals surface area contributed by atoms with Gasteiger partial charge in [-0.25, -0.2) is 4.79 Å². The lowest BCUT2D eigenvalue weighted by Gasteiger charge is -2.07. The Hall–Kier alpha value is -1.87. The Labute approximate surface area is 154 Å². The smallest absolute Gasteiger partial charge is 0.341 e. The molecule has 1 aliphatic carbocycles. The number of aryl methyl sites for hydroxylation is 2. The number of nitrogens with zero attached hydrogens (tertiary/aromatic N) is 3. The number of aromatic nitrogens is 3. The van der Waals surface area contributed by atoms with Gasteiger partial charge in [0.2, 0.25) is 5.91 Å². The molecule has 25 heavy (non-hydrogen) atoms. The summed E-state index contributed by atoms with van der Waals surface area (Å²) in [6.45, 7) is 2.01. The maximum Gasteiger partial charge on any atom is 0.341 e. The molecule has 2 aromatic heterocycles. The van der Waals surface area contributed by atoms with Crippen LogP contribution in [0.5, 0.6) is 0 Å². The van der Waals surface area contributed by atoms with E-state index in [0.717, 1.165) is 37.1 Å². The molecule has 3 rings (SSSR count). The molecule has 0 atom stereocenters. The summed E-state index contributed by atoms with van der Waals surface area (Å²) >= 11 is 2.81. The van der Waals surface area contributed by atoms with Gasteiger partial charge in [0.05, 0.1) is 18.4 Å². The maximum absolute atomic E-state index is 12.3. The second-order valence-electron chi connectivity index (χ2n) is 5.70. The van der Waals surface area contributed by atoms with Crippen LogP contribution in [-0.2, 0) is 35.8 Å². The van der Waals surface area contributed by atoms with Crippen molar-refractivity contribution in [3.8, 4) is 0 Å². The van der Waals surface area contributed by atoms with Gasteiger partial charge in [0.25, 0.3) is 0 Å².